The number of ether oxygens (including phenoxy) is 2. The quantitative estimate of drug-likeness (QED) is 0.452. The molecule has 7 heteroatoms. The lowest BCUT2D eigenvalue weighted by atomic mass is 10.0. The van der Waals surface area contributed by atoms with Gasteiger partial charge >= 0.3 is 5.97 Å². The third-order valence-corrected chi connectivity index (χ3v) is 4.13. The van der Waals surface area contributed by atoms with Gasteiger partial charge in [-0.3, -0.25) is 4.79 Å². The van der Waals surface area contributed by atoms with E-state index in [1.54, 1.807) is 18.2 Å². The molecule has 0 aliphatic rings. The van der Waals surface area contributed by atoms with Gasteiger partial charge in [-0.25, -0.2) is 14.2 Å². The average Bonchev–Trinajstić information content (AvgIpc) is 2.72. The van der Waals surface area contributed by atoms with Crippen LogP contribution < -0.4 is 4.74 Å². The van der Waals surface area contributed by atoms with E-state index in [9.17, 15) is 14.0 Å². The Morgan fingerprint density at radius 1 is 1.11 bits per heavy atom. The fourth-order valence-electron chi connectivity index (χ4n) is 2.47. The van der Waals surface area contributed by atoms with Crippen LogP contribution >= 0.6 is 11.6 Å². The topological polar surface area (TPSA) is 65.5 Å². The Hall–Kier alpha value is -3.25. The van der Waals surface area contributed by atoms with Crippen molar-refractivity contribution in [3.63, 3.8) is 0 Å². The van der Waals surface area contributed by atoms with Crippen molar-refractivity contribution in [3.05, 3.63) is 94.0 Å². The van der Waals surface area contributed by atoms with Crippen molar-refractivity contribution in [2.45, 2.75) is 6.61 Å². The van der Waals surface area contributed by atoms with Crippen LogP contribution in [0.15, 0.2) is 60.8 Å². The lowest BCUT2D eigenvalue weighted by molar-refractivity contribution is 0.0595. The zero-order chi connectivity index (χ0) is 20.1. The molecule has 28 heavy (non-hydrogen) atoms. The van der Waals surface area contributed by atoms with E-state index in [1.807, 2.05) is 12.1 Å². The third kappa shape index (κ3) is 4.53. The number of ketones is 1. The molecule has 1 heterocycles. The van der Waals surface area contributed by atoms with Gasteiger partial charge in [0.1, 0.15) is 23.9 Å². The molecule has 0 unspecified atom stereocenters. The first kappa shape index (κ1) is 19.5. The predicted molar refractivity (Wildman–Crippen MR) is 101 cm³/mol. The van der Waals surface area contributed by atoms with Gasteiger partial charge in [0.25, 0.3) is 0 Å². The van der Waals surface area contributed by atoms with Gasteiger partial charge in [-0.05, 0) is 48.0 Å². The van der Waals surface area contributed by atoms with E-state index in [-0.39, 0.29) is 16.8 Å². The highest BCUT2D eigenvalue weighted by atomic mass is 35.5. The molecule has 142 valence electrons. The maximum Gasteiger partial charge on any atom is 0.340 e. The Bertz CT molecular complexity index is 1020. The maximum atomic E-state index is 13.7. The van der Waals surface area contributed by atoms with Crippen LogP contribution in [0.5, 0.6) is 5.75 Å². The first-order valence-electron chi connectivity index (χ1n) is 8.24. The van der Waals surface area contributed by atoms with Gasteiger partial charge in [-0.15, -0.1) is 0 Å². The number of hydrogen-bond donors (Lipinski definition) is 0. The van der Waals surface area contributed by atoms with Crippen LogP contribution in [0, 0.1) is 5.82 Å². The number of rotatable bonds is 6. The monoisotopic (exact) mass is 399 g/mol. The molecule has 0 N–H and O–H groups in total. The Morgan fingerprint density at radius 2 is 1.93 bits per heavy atom. The Morgan fingerprint density at radius 3 is 2.61 bits per heavy atom. The summed E-state index contributed by atoms with van der Waals surface area (Å²) in [5.41, 5.74) is 0.851. The molecule has 0 saturated heterocycles. The number of carbonyl (C=O) groups is 2. The maximum absolute atomic E-state index is 13.7. The molecule has 3 rings (SSSR count). The molecule has 1 aromatic heterocycles. The van der Waals surface area contributed by atoms with Crippen LogP contribution in [0.4, 0.5) is 4.39 Å². The lowest BCUT2D eigenvalue weighted by Crippen LogP contribution is -2.09. The SMILES string of the molecule is COC(=O)c1cc(C(=O)c2ccc(OCc3cccc(Cl)c3)cn2)ccc1F. The molecule has 0 atom stereocenters. The molecule has 0 amide bonds. The van der Waals surface area contributed by atoms with Crippen molar-refractivity contribution >= 4 is 23.4 Å². The molecule has 5 nitrogen and oxygen atoms in total. The first-order valence-corrected chi connectivity index (χ1v) is 8.61. The molecule has 0 aliphatic carbocycles. The van der Waals surface area contributed by atoms with E-state index in [0.29, 0.717) is 17.4 Å². The minimum Gasteiger partial charge on any atom is -0.487 e. The number of esters is 1. The van der Waals surface area contributed by atoms with Crippen molar-refractivity contribution in [1.29, 1.82) is 0 Å². The standard InChI is InChI=1S/C21H15ClFNO4/c1-27-21(26)17-10-14(5-7-18(17)23)20(25)19-8-6-16(11-24-19)28-12-13-3-2-4-15(22)9-13/h2-11H,12H2,1H3. The van der Waals surface area contributed by atoms with E-state index in [1.165, 1.54) is 18.3 Å². The summed E-state index contributed by atoms with van der Waals surface area (Å²) >= 11 is 5.93. The van der Waals surface area contributed by atoms with Crippen LogP contribution in [-0.4, -0.2) is 23.8 Å². The van der Waals surface area contributed by atoms with Crippen molar-refractivity contribution in [1.82, 2.24) is 4.98 Å². The minimum absolute atomic E-state index is 0.127. The summed E-state index contributed by atoms with van der Waals surface area (Å²) in [6.45, 7) is 0.302. The summed E-state index contributed by atoms with van der Waals surface area (Å²) in [5, 5.41) is 0.616. The van der Waals surface area contributed by atoms with E-state index in [4.69, 9.17) is 16.3 Å². The number of pyridine rings is 1. The number of aromatic nitrogens is 1. The van der Waals surface area contributed by atoms with E-state index >= 15 is 0 Å². The molecule has 0 fully saturated rings. The van der Waals surface area contributed by atoms with Gasteiger partial charge in [0.2, 0.25) is 5.78 Å². The average molecular weight is 400 g/mol. The molecule has 3 aromatic rings. The van der Waals surface area contributed by atoms with Gasteiger partial charge in [0, 0.05) is 10.6 Å². The largest absolute Gasteiger partial charge is 0.487 e. The van der Waals surface area contributed by atoms with Gasteiger partial charge in [0.15, 0.2) is 0 Å². The Labute approximate surface area is 165 Å². The summed E-state index contributed by atoms with van der Waals surface area (Å²) in [6, 6.07) is 13.9. The van der Waals surface area contributed by atoms with Crippen LogP contribution in [-0.2, 0) is 11.3 Å². The number of benzene rings is 2. The lowest BCUT2D eigenvalue weighted by Gasteiger charge is -2.08. The second-order valence-electron chi connectivity index (χ2n) is 5.81. The van der Waals surface area contributed by atoms with E-state index in [2.05, 4.69) is 9.72 Å². The number of nitrogens with zero attached hydrogens (tertiary/aromatic N) is 1. The van der Waals surface area contributed by atoms with Crippen LogP contribution in [0.1, 0.15) is 32.0 Å². The predicted octanol–water partition coefficient (Wildman–Crippen LogP) is 4.47. The molecular weight excluding hydrogens is 385 g/mol. The fraction of sp³-hybridized carbons (Fsp3) is 0.0952. The third-order valence-electron chi connectivity index (χ3n) is 3.90. The van der Waals surface area contributed by atoms with Gasteiger partial charge in [0.05, 0.1) is 18.9 Å². The summed E-state index contributed by atoms with van der Waals surface area (Å²) in [5.74, 6) is -1.59. The zero-order valence-corrected chi connectivity index (χ0v) is 15.6. The Kier molecular flexibility index (Phi) is 6.01. The molecule has 0 aliphatic heterocycles. The van der Waals surface area contributed by atoms with Crippen molar-refractivity contribution < 1.29 is 23.5 Å². The Balaban J connectivity index is 1.72. The second kappa shape index (κ2) is 8.63. The smallest absolute Gasteiger partial charge is 0.340 e. The highest BCUT2D eigenvalue weighted by Gasteiger charge is 2.17. The summed E-state index contributed by atoms with van der Waals surface area (Å²) < 4.78 is 23.9. The molecule has 0 radical (unpaired) electrons. The molecule has 0 spiro atoms. The molecule has 0 saturated carbocycles. The second-order valence-corrected chi connectivity index (χ2v) is 6.25. The van der Waals surface area contributed by atoms with E-state index < -0.39 is 17.6 Å². The van der Waals surface area contributed by atoms with Gasteiger partial charge in [-0.2, -0.15) is 0 Å². The summed E-state index contributed by atoms with van der Waals surface area (Å²) in [4.78, 5) is 28.2. The molecule has 0 bridgehead atoms. The van der Waals surface area contributed by atoms with Crippen LogP contribution in [0.25, 0.3) is 0 Å². The van der Waals surface area contributed by atoms with Crippen LogP contribution in [0.3, 0.4) is 0 Å². The van der Waals surface area contributed by atoms with Gasteiger partial charge < -0.3 is 9.47 Å². The van der Waals surface area contributed by atoms with Crippen molar-refractivity contribution in [2.24, 2.45) is 0 Å². The van der Waals surface area contributed by atoms with Crippen molar-refractivity contribution in [3.8, 4) is 5.75 Å². The first-order chi connectivity index (χ1) is 13.5. The zero-order valence-electron chi connectivity index (χ0n) is 14.8. The summed E-state index contributed by atoms with van der Waals surface area (Å²) in [7, 11) is 1.14. The summed E-state index contributed by atoms with van der Waals surface area (Å²) in [6.07, 6.45) is 1.42. The number of halogens is 2. The fourth-order valence-corrected chi connectivity index (χ4v) is 2.69. The molecular formula is C21H15ClFNO4. The van der Waals surface area contributed by atoms with Crippen LogP contribution in [0.2, 0.25) is 5.02 Å². The number of hydrogen-bond acceptors (Lipinski definition) is 5. The van der Waals surface area contributed by atoms with Gasteiger partial charge in [-0.1, -0.05) is 23.7 Å². The van der Waals surface area contributed by atoms with Crippen molar-refractivity contribution in [2.75, 3.05) is 7.11 Å². The number of methoxy groups -OCH3 is 1. The highest BCUT2D eigenvalue weighted by Crippen LogP contribution is 2.18. The normalized spacial score (nSPS) is 10.4. The number of carbonyl (C=O) groups excluding carboxylic acids is 2. The van der Waals surface area contributed by atoms with E-state index in [0.717, 1.165) is 24.8 Å². The minimum atomic E-state index is -0.857. The molecule has 2 aromatic carbocycles. The highest BCUT2D eigenvalue weighted by molar-refractivity contribution is 6.30.